The Hall–Kier alpha value is -0.370. The molecule has 0 amide bonds. The molecule has 0 aromatic heterocycles. The van der Waals surface area contributed by atoms with Crippen molar-refractivity contribution in [2.24, 2.45) is 0 Å². The number of Topliss-reactive ketones (excluding diaryl/α,β-unsaturated/α-hetero) is 1. The first-order chi connectivity index (χ1) is 2.80. The molecule has 0 saturated carbocycles. The summed E-state index contributed by atoms with van der Waals surface area (Å²) in [6.07, 6.45) is 0. The molecule has 2 heteroatoms. The molecule has 0 spiro atoms. The first-order valence-electron chi connectivity index (χ1n) is 2.07. The molecule has 34 valence electrons. The summed E-state index contributed by atoms with van der Waals surface area (Å²) >= 11 is 0. The minimum Gasteiger partial charge on any atom is -0.301 e. The van der Waals surface area contributed by atoms with Gasteiger partial charge in [-0.2, -0.15) is 0 Å². The molecular weight excluding hydrogens is 78.0 g/mol. The number of ketones is 1. The van der Waals surface area contributed by atoms with Crippen molar-refractivity contribution in [1.29, 1.82) is 0 Å². The molecule has 0 radical (unpaired) electrons. The third kappa shape index (κ3) is 0.337. The van der Waals surface area contributed by atoms with Gasteiger partial charge in [0.15, 0.2) is 5.78 Å². The minimum absolute atomic E-state index is 0.144. The lowest BCUT2D eigenvalue weighted by molar-refractivity contribution is -0.124. The van der Waals surface area contributed by atoms with E-state index in [1.54, 1.807) is 0 Å². The molecule has 1 fully saturated rings. The summed E-state index contributed by atoms with van der Waals surface area (Å²) in [6.45, 7) is 2.45. The maximum absolute atomic E-state index is 10.2. The second-order valence-electron chi connectivity index (χ2n) is 1.57. The highest BCUT2D eigenvalue weighted by atomic mass is 16.1. The van der Waals surface area contributed by atoms with E-state index in [4.69, 9.17) is 0 Å². The summed E-state index contributed by atoms with van der Waals surface area (Å²) < 4.78 is 0. The zero-order chi connectivity index (χ0) is 4.57. The van der Waals surface area contributed by atoms with Crippen LogP contribution >= 0.6 is 0 Å². The number of hydrogen-bond donors (Lipinski definition) is 1. The number of nitrogens with one attached hydrogen (secondary N) is 1. The number of hydrogen-bond acceptors (Lipinski definition) is 2. The van der Waals surface area contributed by atoms with Crippen LogP contribution in [0.25, 0.3) is 0 Å². The Morgan fingerprint density at radius 1 is 2.00 bits per heavy atom. The van der Waals surface area contributed by atoms with E-state index in [1.165, 1.54) is 0 Å². The lowest BCUT2D eigenvalue weighted by atomic mass is 10.1. The van der Waals surface area contributed by atoms with Gasteiger partial charge in [-0.25, -0.2) is 0 Å². The predicted molar refractivity (Wildman–Crippen MR) is 22.5 cm³/mol. The molecule has 1 saturated heterocycles. The molecule has 1 unspecified atom stereocenters. The van der Waals surface area contributed by atoms with Gasteiger partial charge in [0.2, 0.25) is 0 Å². The van der Waals surface area contributed by atoms with E-state index >= 15 is 0 Å². The van der Waals surface area contributed by atoms with E-state index < -0.39 is 0 Å². The Bertz CT molecular complexity index is 79.6. The molecular formula is C4H7NO. The molecule has 1 aliphatic rings. The third-order valence-corrected chi connectivity index (χ3v) is 1.07. The third-order valence-electron chi connectivity index (χ3n) is 1.07. The first-order valence-corrected chi connectivity index (χ1v) is 2.07. The normalized spacial score (nSPS) is 32.8. The van der Waals surface area contributed by atoms with Crippen LogP contribution in [0.3, 0.4) is 0 Å². The van der Waals surface area contributed by atoms with Crippen molar-refractivity contribution in [1.82, 2.24) is 5.32 Å². The molecule has 0 aromatic carbocycles. The smallest absolute Gasteiger partial charge is 0.163 e. The van der Waals surface area contributed by atoms with Crippen LogP contribution in [0, 0.1) is 0 Å². The Morgan fingerprint density at radius 3 is 2.50 bits per heavy atom. The van der Waals surface area contributed by atoms with Crippen molar-refractivity contribution < 1.29 is 4.79 Å². The fourth-order valence-electron chi connectivity index (χ4n) is 0.390. The molecule has 1 heterocycles. The van der Waals surface area contributed by atoms with Gasteiger partial charge in [0, 0.05) is 0 Å². The Balaban J connectivity index is 2.39. The topological polar surface area (TPSA) is 29.1 Å². The van der Waals surface area contributed by atoms with E-state index in [-0.39, 0.29) is 6.04 Å². The summed E-state index contributed by atoms with van der Waals surface area (Å²) in [5.74, 6) is 0.329. The van der Waals surface area contributed by atoms with E-state index in [9.17, 15) is 4.79 Å². The van der Waals surface area contributed by atoms with Crippen LogP contribution in [0.5, 0.6) is 0 Å². The van der Waals surface area contributed by atoms with Crippen LogP contribution in [-0.2, 0) is 4.79 Å². The number of carbonyl (C=O) groups is 1. The van der Waals surface area contributed by atoms with Crippen LogP contribution in [-0.4, -0.2) is 18.4 Å². The van der Waals surface area contributed by atoms with Crippen LogP contribution in [0.4, 0.5) is 0 Å². The Labute approximate surface area is 36.5 Å². The summed E-state index contributed by atoms with van der Waals surface area (Å²) in [6, 6.07) is 0.144. The first kappa shape index (κ1) is 3.81. The number of carbonyl (C=O) groups excluding carboxylic acids is 1. The maximum Gasteiger partial charge on any atom is 0.163 e. The summed E-state index contributed by atoms with van der Waals surface area (Å²) in [5.41, 5.74) is 0. The van der Waals surface area contributed by atoms with Gasteiger partial charge in [-0.3, -0.25) is 4.79 Å². The molecule has 1 rings (SSSR count). The van der Waals surface area contributed by atoms with Crippen LogP contribution in [0.1, 0.15) is 6.92 Å². The highest BCUT2D eigenvalue weighted by molar-refractivity contribution is 5.90. The molecule has 6 heavy (non-hydrogen) atoms. The van der Waals surface area contributed by atoms with E-state index in [0.29, 0.717) is 12.3 Å². The summed E-state index contributed by atoms with van der Waals surface area (Å²) in [5, 5.41) is 2.91. The van der Waals surface area contributed by atoms with Gasteiger partial charge in [-0.05, 0) is 6.92 Å². The van der Waals surface area contributed by atoms with Gasteiger partial charge in [0.05, 0.1) is 12.6 Å². The number of rotatable bonds is 0. The monoisotopic (exact) mass is 85.1 g/mol. The molecule has 0 bridgehead atoms. The van der Waals surface area contributed by atoms with Gasteiger partial charge < -0.3 is 5.32 Å². The molecule has 1 N–H and O–H groups in total. The van der Waals surface area contributed by atoms with Gasteiger partial charge >= 0.3 is 0 Å². The SMILES string of the molecule is CC1NCC1=O. The van der Waals surface area contributed by atoms with E-state index in [1.807, 2.05) is 6.92 Å². The van der Waals surface area contributed by atoms with Crippen molar-refractivity contribution in [3.05, 3.63) is 0 Å². The lowest BCUT2D eigenvalue weighted by Crippen LogP contribution is -2.51. The fraction of sp³-hybridized carbons (Fsp3) is 0.750. The lowest BCUT2D eigenvalue weighted by Gasteiger charge is -2.20. The predicted octanol–water partition coefficient (Wildman–Crippen LogP) is -0.453. The molecule has 0 aromatic rings. The second kappa shape index (κ2) is 1.05. The maximum atomic E-state index is 10.2. The standard InChI is InChI=1S/C4H7NO/c1-3-4(6)2-5-3/h3,5H,2H2,1H3. The fourth-order valence-corrected chi connectivity index (χ4v) is 0.390. The average molecular weight is 85.1 g/mol. The summed E-state index contributed by atoms with van der Waals surface area (Å²) in [4.78, 5) is 10.2. The minimum atomic E-state index is 0.144. The van der Waals surface area contributed by atoms with Crippen molar-refractivity contribution >= 4 is 5.78 Å². The molecule has 1 atom stereocenters. The molecule has 1 aliphatic heterocycles. The zero-order valence-corrected chi connectivity index (χ0v) is 3.69. The second-order valence-corrected chi connectivity index (χ2v) is 1.57. The van der Waals surface area contributed by atoms with Crippen LogP contribution < -0.4 is 5.32 Å². The van der Waals surface area contributed by atoms with Gasteiger partial charge in [-0.1, -0.05) is 0 Å². The quantitative estimate of drug-likeness (QED) is 0.431. The highest BCUT2D eigenvalue weighted by Gasteiger charge is 2.20. The van der Waals surface area contributed by atoms with Gasteiger partial charge in [0.1, 0.15) is 0 Å². The van der Waals surface area contributed by atoms with Gasteiger partial charge in [0.25, 0.3) is 0 Å². The van der Waals surface area contributed by atoms with Crippen LogP contribution in [0.15, 0.2) is 0 Å². The summed E-state index contributed by atoms with van der Waals surface area (Å²) in [7, 11) is 0. The van der Waals surface area contributed by atoms with Crippen molar-refractivity contribution in [3.8, 4) is 0 Å². The van der Waals surface area contributed by atoms with Crippen molar-refractivity contribution in [2.75, 3.05) is 6.54 Å². The molecule has 0 aliphatic carbocycles. The van der Waals surface area contributed by atoms with Gasteiger partial charge in [-0.15, -0.1) is 0 Å². The van der Waals surface area contributed by atoms with E-state index in [2.05, 4.69) is 5.32 Å². The molecule has 2 nitrogen and oxygen atoms in total. The van der Waals surface area contributed by atoms with Crippen molar-refractivity contribution in [3.63, 3.8) is 0 Å². The largest absolute Gasteiger partial charge is 0.301 e. The highest BCUT2D eigenvalue weighted by Crippen LogP contribution is 1.91. The average Bonchev–Trinajstić information content (AvgIpc) is 1.61. The van der Waals surface area contributed by atoms with E-state index in [0.717, 1.165) is 0 Å². The Kier molecular flexibility index (Phi) is 0.665. The Morgan fingerprint density at radius 2 is 2.50 bits per heavy atom. The van der Waals surface area contributed by atoms with Crippen molar-refractivity contribution in [2.45, 2.75) is 13.0 Å². The zero-order valence-electron chi connectivity index (χ0n) is 3.69. The van der Waals surface area contributed by atoms with Crippen LogP contribution in [0.2, 0.25) is 0 Å².